The van der Waals surface area contributed by atoms with Crippen LogP contribution in [-0.2, 0) is 9.59 Å². The molecule has 3 N–H and O–H groups in total. The molecule has 1 unspecified atom stereocenters. The summed E-state index contributed by atoms with van der Waals surface area (Å²) in [6.07, 6.45) is 6.90. The quantitative estimate of drug-likeness (QED) is 0.143. The molecule has 4 fully saturated rings. The fraction of sp³-hybridized carbons (Fsp3) is 0.372. The van der Waals surface area contributed by atoms with Crippen molar-refractivity contribution >= 4 is 46.5 Å². The Kier molecular flexibility index (Phi) is 9.43. The van der Waals surface area contributed by atoms with E-state index < -0.39 is 17.9 Å². The fourth-order valence-corrected chi connectivity index (χ4v) is 9.24. The summed E-state index contributed by atoms with van der Waals surface area (Å²) in [6, 6.07) is 22.4. The lowest BCUT2D eigenvalue weighted by Crippen LogP contribution is -2.61. The molecule has 5 aromatic rings. The summed E-state index contributed by atoms with van der Waals surface area (Å²) in [5.74, 6) is 1.20. The molecule has 1 aliphatic carbocycles. The molecule has 9 rings (SSSR count). The van der Waals surface area contributed by atoms with Crippen LogP contribution in [0.2, 0.25) is 0 Å². The lowest BCUT2D eigenvalue weighted by atomic mass is 9.67. The smallest absolute Gasteiger partial charge is 0.255 e. The van der Waals surface area contributed by atoms with Crippen molar-refractivity contribution in [3.05, 3.63) is 90.3 Å². The van der Waals surface area contributed by atoms with E-state index in [2.05, 4.69) is 29.8 Å². The molecule has 5 heterocycles. The number of carbonyl (C=O) groups is 4. The van der Waals surface area contributed by atoms with Gasteiger partial charge in [-0.3, -0.25) is 24.5 Å². The van der Waals surface area contributed by atoms with Crippen molar-refractivity contribution in [3.63, 3.8) is 0 Å². The number of piperidine rings is 1. The van der Waals surface area contributed by atoms with Gasteiger partial charge in [-0.2, -0.15) is 5.10 Å². The molecule has 3 amide bonds. The van der Waals surface area contributed by atoms with Gasteiger partial charge in [-0.25, -0.2) is 14.6 Å². The summed E-state index contributed by atoms with van der Waals surface area (Å²) >= 11 is 0. The first-order chi connectivity index (χ1) is 27.7. The molecule has 1 atom stereocenters. The number of para-hydroxylation sites is 1. The molecule has 3 saturated heterocycles. The first-order valence-corrected chi connectivity index (χ1v) is 19.7. The molecule has 57 heavy (non-hydrogen) atoms. The van der Waals surface area contributed by atoms with E-state index in [1.54, 1.807) is 19.2 Å². The van der Waals surface area contributed by atoms with Crippen LogP contribution < -0.4 is 20.7 Å². The Labute approximate surface area is 330 Å². The van der Waals surface area contributed by atoms with Gasteiger partial charge >= 0.3 is 0 Å². The van der Waals surface area contributed by atoms with Gasteiger partial charge in [0.2, 0.25) is 11.8 Å². The number of nitrogens with two attached hydrogens (primary N) is 1. The SMILES string of the molecule is CN(C(=O)c1cc(N2CC(CN3CC4(CCC(n5nc(-c6ccc(Oc7ccccc7)cc6)c6c(N)ncnc65)CC4)C3)C2)ccc1C=O)C1CCC(=O)NC1=O. The van der Waals surface area contributed by atoms with E-state index in [0.717, 1.165) is 97.9 Å². The normalized spacial score (nSPS) is 19.9. The lowest BCUT2D eigenvalue weighted by molar-refractivity contribution is -0.136. The third kappa shape index (κ3) is 6.98. The number of hydrogen-bond acceptors (Lipinski definition) is 11. The highest BCUT2D eigenvalue weighted by molar-refractivity contribution is 6.06. The van der Waals surface area contributed by atoms with Gasteiger partial charge < -0.3 is 25.2 Å². The van der Waals surface area contributed by atoms with Gasteiger partial charge in [0.1, 0.15) is 35.4 Å². The van der Waals surface area contributed by atoms with Crippen LogP contribution in [0.3, 0.4) is 0 Å². The number of benzene rings is 3. The average Bonchev–Trinajstić information content (AvgIpc) is 3.59. The van der Waals surface area contributed by atoms with Crippen molar-refractivity contribution in [1.29, 1.82) is 0 Å². The maximum Gasteiger partial charge on any atom is 0.255 e. The number of ether oxygens (including phenoxy) is 1. The second kappa shape index (κ2) is 14.7. The minimum absolute atomic E-state index is 0.168. The number of likely N-dealkylation sites (N-methyl/N-ethyl adjacent to an activating group) is 1. The minimum atomic E-state index is -0.760. The summed E-state index contributed by atoms with van der Waals surface area (Å²) in [7, 11) is 1.54. The van der Waals surface area contributed by atoms with Crippen LogP contribution in [0.4, 0.5) is 11.5 Å². The largest absolute Gasteiger partial charge is 0.457 e. The number of nitrogens with one attached hydrogen (secondary N) is 1. The number of rotatable bonds is 10. The number of anilines is 2. The Balaban J connectivity index is 0.793. The van der Waals surface area contributed by atoms with E-state index in [0.29, 0.717) is 23.4 Å². The van der Waals surface area contributed by atoms with Crippen LogP contribution in [0.1, 0.15) is 65.3 Å². The third-order valence-electron chi connectivity index (χ3n) is 12.3. The zero-order chi connectivity index (χ0) is 39.3. The van der Waals surface area contributed by atoms with Crippen molar-refractivity contribution in [2.75, 3.05) is 50.4 Å². The molecule has 2 aromatic heterocycles. The van der Waals surface area contributed by atoms with Crippen molar-refractivity contribution < 1.29 is 23.9 Å². The van der Waals surface area contributed by atoms with Crippen LogP contribution in [0.5, 0.6) is 11.5 Å². The number of aromatic nitrogens is 4. The topological polar surface area (TPSA) is 169 Å². The Morgan fingerprint density at radius 1 is 0.982 bits per heavy atom. The van der Waals surface area contributed by atoms with Crippen LogP contribution >= 0.6 is 0 Å². The summed E-state index contributed by atoms with van der Waals surface area (Å²) < 4.78 is 8.09. The highest BCUT2D eigenvalue weighted by atomic mass is 16.5. The van der Waals surface area contributed by atoms with Gasteiger partial charge in [-0.05, 0) is 92.1 Å². The van der Waals surface area contributed by atoms with Gasteiger partial charge in [0.25, 0.3) is 5.91 Å². The molecule has 0 bridgehead atoms. The molecule has 3 aliphatic heterocycles. The second-order valence-corrected chi connectivity index (χ2v) is 16.1. The first-order valence-electron chi connectivity index (χ1n) is 19.7. The molecular weight excluding hydrogens is 723 g/mol. The summed E-state index contributed by atoms with van der Waals surface area (Å²) in [5, 5.41) is 8.21. The van der Waals surface area contributed by atoms with Crippen LogP contribution in [0.15, 0.2) is 79.1 Å². The molecule has 14 heteroatoms. The lowest BCUT2D eigenvalue weighted by Gasteiger charge is -2.55. The number of nitrogens with zero attached hydrogens (tertiary/aromatic N) is 7. The molecule has 1 saturated carbocycles. The van der Waals surface area contributed by atoms with E-state index in [9.17, 15) is 19.2 Å². The van der Waals surface area contributed by atoms with E-state index in [4.69, 9.17) is 15.6 Å². The molecule has 1 spiro atoms. The van der Waals surface area contributed by atoms with Gasteiger partial charge in [0, 0.05) is 68.9 Å². The number of aldehydes is 1. The van der Waals surface area contributed by atoms with Crippen LogP contribution in [-0.4, -0.2) is 99.4 Å². The van der Waals surface area contributed by atoms with E-state index in [1.807, 2.05) is 60.7 Å². The molecular formula is C43H45N9O5. The number of hydrogen-bond donors (Lipinski definition) is 2. The van der Waals surface area contributed by atoms with Crippen molar-refractivity contribution in [3.8, 4) is 22.8 Å². The zero-order valence-electron chi connectivity index (χ0n) is 31.8. The Morgan fingerprint density at radius 3 is 2.44 bits per heavy atom. The van der Waals surface area contributed by atoms with E-state index in [-0.39, 0.29) is 35.9 Å². The molecule has 292 valence electrons. The van der Waals surface area contributed by atoms with Gasteiger partial charge in [0.05, 0.1) is 17.0 Å². The first kappa shape index (κ1) is 36.5. The summed E-state index contributed by atoms with van der Waals surface area (Å²) in [5.41, 5.74) is 10.7. The summed E-state index contributed by atoms with van der Waals surface area (Å²) in [4.78, 5) is 64.5. The average molecular weight is 768 g/mol. The molecule has 14 nitrogen and oxygen atoms in total. The highest BCUT2D eigenvalue weighted by Crippen LogP contribution is 2.48. The number of amides is 3. The Morgan fingerprint density at radius 2 is 1.72 bits per heavy atom. The van der Waals surface area contributed by atoms with Gasteiger partial charge in [0.15, 0.2) is 11.9 Å². The highest BCUT2D eigenvalue weighted by Gasteiger charge is 2.47. The number of nitrogen functional groups attached to an aromatic ring is 1. The standard InChI is InChI=1S/C43H45N9O5/c1-49(35-13-14-36(54)47-41(35)55)42(56)34-19-31(10-7-29(34)23-53)51-21-27(22-51)20-50-24-43(25-50)17-15-30(16-18-43)52-40-37(39(44)45-26-46-40)38(48-52)28-8-11-33(12-9-28)57-32-5-3-2-4-6-32/h2-12,19,23,26-27,30,35H,13-18,20-22,24-25H2,1H3,(H2,44,45,46)(H,47,54,55). The molecule has 3 aromatic carbocycles. The predicted octanol–water partition coefficient (Wildman–Crippen LogP) is 5.11. The van der Waals surface area contributed by atoms with E-state index >= 15 is 0 Å². The van der Waals surface area contributed by atoms with Crippen molar-refractivity contribution in [2.24, 2.45) is 11.3 Å². The number of likely N-dealkylation sites (tertiary alicyclic amines) is 1. The third-order valence-corrected chi connectivity index (χ3v) is 12.3. The van der Waals surface area contributed by atoms with Crippen molar-refractivity contribution in [1.82, 2.24) is 34.9 Å². The summed E-state index contributed by atoms with van der Waals surface area (Å²) in [6.45, 7) is 4.94. The molecule has 4 aliphatic rings. The fourth-order valence-electron chi connectivity index (χ4n) is 9.24. The Bertz CT molecular complexity index is 2340. The van der Waals surface area contributed by atoms with Crippen LogP contribution in [0.25, 0.3) is 22.3 Å². The van der Waals surface area contributed by atoms with Crippen molar-refractivity contribution in [2.45, 2.75) is 50.6 Å². The monoisotopic (exact) mass is 767 g/mol. The minimum Gasteiger partial charge on any atom is -0.457 e. The second-order valence-electron chi connectivity index (χ2n) is 16.1. The predicted molar refractivity (Wildman–Crippen MR) is 214 cm³/mol. The number of imide groups is 1. The van der Waals surface area contributed by atoms with Gasteiger partial charge in [-0.15, -0.1) is 0 Å². The maximum atomic E-state index is 13.5. The number of carbonyl (C=O) groups excluding carboxylic acids is 4. The van der Waals surface area contributed by atoms with Crippen LogP contribution in [0, 0.1) is 11.3 Å². The van der Waals surface area contributed by atoms with E-state index in [1.165, 1.54) is 11.2 Å². The van der Waals surface area contributed by atoms with Gasteiger partial charge in [-0.1, -0.05) is 18.2 Å². The molecule has 0 radical (unpaired) electrons. The maximum absolute atomic E-state index is 13.5. The Hall–Kier alpha value is -6.15. The number of fused-ring (bicyclic) bond motifs is 1. The zero-order valence-corrected chi connectivity index (χ0v) is 31.8.